The van der Waals surface area contributed by atoms with Gasteiger partial charge >= 0.3 is 0 Å². The topological polar surface area (TPSA) is 92.5 Å². The average Bonchev–Trinajstić information content (AvgIpc) is 3.37. The number of nitrogens with zero attached hydrogens (tertiary/aromatic N) is 1. The number of hydrogen-bond donors (Lipinski definition) is 2. The largest absolute Gasteiger partial charge is 0.338 e. The first-order valence-electron chi connectivity index (χ1n) is 8.96. The molecule has 1 aliphatic heterocycles. The van der Waals surface area contributed by atoms with Gasteiger partial charge in [-0.2, -0.15) is 0 Å². The summed E-state index contributed by atoms with van der Waals surface area (Å²) in [5, 5.41) is 0. The summed E-state index contributed by atoms with van der Waals surface area (Å²) in [5.74, 6) is 0.188. The molecule has 2 atom stereocenters. The van der Waals surface area contributed by atoms with Gasteiger partial charge in [0.05, 0.1) is 4.90 Å². The molecule has 2 aliphatic rings. The van der Waals surface area contributed by atoms with Crippen molar-refractivity contribution in [1.29, 1.82) is 0 Å². The summed E-state index contributed by atoms with van der Waals surface area (Å²) < 4.78 is 27.5. The molecule has 2 unspecified atom stereocenters. The number of rotatable bonds is 5. The second-order valence-corrected chi connectivity index (χ2v) is 9.10. The third-order valence-electron chi connectivity index (χ3n) is 5.14. The van der Waals surface area contributed by atoms with Gasteiger partial charge in [-0.05, 0) is 63.1 Å². The molecule has 1 heterocycles. The molecule has 0 aromatic heterocycles. The molecular weight excluding hydrogens is 374 g/mol. The predicted molar refractivity (Wildman–Crippen MR) is 104 cm³/mol. The molecule has 2 fully saturated rings. The number of nitrogens with one attached hydrogen (secondary N) is 1. The van der Waals surface area contributed by atoms with Crippen molar-refractivity contribution >= 4 is 28.3 Å². The highest BCUT2D eigenvalue weighted by atomic mass is 35.5. The van der Waals surface area contributed by atoms with E-state index in [0.717, 1.165) is 31.2 Å². The van der Waals surface area contributed by atoms with Gasteiger partial charge in [0, 0.05) is 30.7 Å². The van der Waals surface area contributed by atoms with Gasteiger partial charge in [0.1, 0.15) is 0 Å². The summed E-state index contributed by atoms with van der Waals surface area (Å²) in [6, 6.07) is 4.88. The molecule has 1 aliphatic carbocycles. The fourth-order valence-corrected chi connectivity index (χ4v) is 4.61. The Bertz CT molecular complexity index is 763. The molecular formula is C18H28ClN3O3S. The molecule has 3 N–H and O–H groups in total. The molecule has 8 heteroatoms. The summed E-state index contributed by atoms with van der Waals surface area (Å²) >= 11 is 0. The number of nitrogens with two attached hydrogens (primary N) is 1. The number of amides is 1. The summed E-state index contributed by atoms with van der Waals surface area (Å²) in [6.07, 6.45) is 3.71. The summed E-state index contributed by atoms with van der Waals surface area (Å²) in [6.45, 7) is 5.14. The Hall–Kier alpha value is -1.15. The van der Waals surface area contributed by atoms with Crippen molar-refractivity contribution in [3.63, 3.8) is 0 Å². The maximum atomic E-state index is 13.0. The lowest BCUT2D eigenvalue weighted by molar-refractivity contribution is 0.0660. The molecule has 0 bridgehead atoms. The zero-order chi connectivity index (χ0) is 18.2. The minimum Gasteiger partial charge on any atom is -0.338 e. The lowest BCUT2D eigenvalue weighted by Crippen LogP contribution is -2.45. The van der Waals surface area contributed by atoms with E-state index in [4.69, 9.17) is 5.73 Å². The number of halogens is 1. The monoisotopic (exact) mass is 401 g/mol. The first-order valence-corrected chi connectivity index (χ1v) is 10.4. The van der Waals surface area contributed by atoms with Gasteiger partial charge < -0.3 is 10.6 Å². The lowest BCUT2D eigenvalue weighted by Gasteiger charge is -2.35. The predicted octanol–water partition coefficient (Wildman–Crippen LogP) is 2.06. The van der Waals surface area contributed by atoms with E-state index in [0.29, 0.717) is 24.6 Å². The Balaban J connectivity index is 0.00000243. The first-order chi connectivity index (χ1) is 11.8. The first kappa shape index (κ1) is 21.2. The van der Waals surface area contributed by atoms with E-state index in [2.05, 4.69) is 4.72 Å². The van der Waals surface area contributed by atoms with Crippen molar-refractivity contribution in [2.75, 3.05) is 13.1 Å². The van der Waals surface area contributed by atoms with Crippen molar-refractivity contribution in [2.24, 2.45) is 11.7 Å². The Morgan fingerprint density at radius 2 is 2.00 bits per heavy atom. The van der Waals surface area contributed by atoms with Gasteiger partial charge in [0.2, 0.25) is 10.0 Å². The molecule has 1 amide bonds. The van der Waals surface area contributed by atoms with Crippen LogP contribution in [-0.4, -0.2) is 44.4 Å². The highest BCUT2D eigenvalue weighted by molar-refractivity contribution is 7.89. The third-order valence-corrected chi connectivity index (χ3v) is 6.66. The van der Waals surface area contributed by atoms with Crippen LogP contribution in [0, 0.1) is 12.8 Å². The summed E-state index contributed by atoms with van der Waals surface area (Å²) in [5.41, 5.74) is 7.26. The van der Waals surface area contributed by atoms with Gasteiger partial charge in [-0.1, -0.05) is 6.07 Å². The van der Waals surface area contributed by atoms with E-state index in [9.17, 15) is 13.2 Å². The molecule has 0 radical (unpaired) electrons. The van der Waals surface area contributed by atoms with Crippen LogP contribution in [0.5, 0.6) is 0 Å². The van der Waals surface area contributed by atoms with Gasteiger partial charge in [-0.3, -0.25) is 4.79 Å². The fraction of sp³-hybridized carbons (Fsp3) is 0.611. The third kappa shape index (κ3) is 4.76. The van der Waals surface area contributed by atoms with Gasteiger partial charge in [0.15, 0.2) is 0 Å². The van der Waals surface area contributed by atoms with Gasteiger partial charge in [-0.25, -0.2) is 13.1 Å². The van der Waals surface area contributed by atoms with Crippen LogP contribution in [0.3, 0.4) is 0 Å². The molecule has 1 saturated heterocycles. The van der Waals surface area contributed by atoms with Crippen LogP contribution < -0.4 is 10.5 Å². The number of benzene rings is 1. The number of sulfonamides is 1. The molecule has 26 heavy (non-hydrogen) atoms. The average molecular weight is 402 g/mol. The lowest BCUT2D eigenvalue weighted by atomic mass is 9.91. The van der Waals surface area contributed by atoms with Crippen LogP contribution >= 0.6 is 12.4 Å². The standard InChI is InChI=1S/C18H27N3O3S.ClH/c1-12-5-8-16(25(23,24)20-15-6-7-15)10-17(12)18(22)21-9-3-4-14(11-21)13(2)19;/h5,8,10,13-15,20H,3-4,6-7,9,11,19H2,1-2H3;1H. The van der Waals surface area contributed by atoms with Crippen molar-refractivity contribution in [3.8, 4) is 0 Å². The minimum absolute atomic E-state index is 0. The summed E-state index contributed by atoms with van der Waals surface area (Å²) in [7, 11) is -3.57. The number of aryl methyl sites for hydroxylation is 1. The van der Waals surface area contributed by atoms with E-state index in [1.807, 2.05) is 18.7 Å². The minimum atomic E-state index is -3.57. The van der Waals surface area contributed by atoms with Crippen LogP contribution in [0.1, 0.15) is 48.5 Å². The molecule has 1 aromatic rings. The van der Waals surface area contributed by atoms with E-state index in [1.165, 1.54) is 6.07 Å². The number of piperidine rings is 1. The highest BCUT2D eigenvalue weighted by Gasteiger charge is 2.30. The van der Waals surface area contributed by atoms with E-state index in [-0.39, 0.29) is 35.3 Å². The van der Waals surface area contributed by atoms with Crippen molar-refractivity contribution in [1.82, 2.24) is 9.62 Å². The number of likely N-dealkylation sites (tertiary alicyclic amines) is 1. The molecule has 1 saturated carbocycles. The molecule has 0 spiro atoms. The molecule has 3 rings (SSSR count). The zero-order valence-corrected chi connectivity index (χ0v) is 16.9. The van der Waals surface area contributed by atoms with E-state index >= 15 is 0 Å². The summed E-state index contributed by atoms with van der Waals surface area (Å²) in [4.78, 5) is 14.9. The van der Waals surface area contributed by atoms with Crippen molar-refractivity contribution in [3.05, 3.63) is 29.3 Å². The Kier molecular flexibility index (Phi) is 6.71. The Morgan fingerprint density at radius 3 is 2.62 bits per heavy atom. The van der Waals surface area contributed by atoms with Gasteiger partial charge in [-0.15, -0.1) is 12.4 Å². The Morgan fingerprint density at radius 1 is 1.31 bits per heavy atom. The molecule has 1 aromatic carbocycles. The number of carbonyl (C=O) groups excluding carboxylic acids is 1. The Labute approximate surface area is 162 Å². The van der Waals surface area contributed by atoms with Crippen LogP contribution in [-0.2, 0) is 10.0 Å². The zero-order valence-electron chi connectivity index (χ0n) is 15.3. The smallest absolute Gasteiger partial charge is 0.254 e. The quantitative estimate of drug-likeness (QED) is 0.789. The second-order valence-electron chi connectivity index (χ2n) is 7.38. The van der Waals surface area contributed by atoms with Crippen LogP contribution in [0.25, 0.3) is 0 Å². The molecule has 146 valence electrons. The highest BCUT2D eigenvalue weighted by Crippen LogP contribution is 2.25. The number of hydrogen-bond acceptors (Lipinski definition) is 4. The van der Waals surface area contributed by atoms with Crippen LogP contribution in [0.15, 0.2) is 23.1 Å². The normalized spacial score (nSPS) is 21.8. The van der Waals surface area contributed by atoms with Gasteiger partial charge in [0.25, 0.3) is 5.91 Å². The maximum Gasteiger partial charge on any atom is 0.254 e. The molecule has 6 nitrogen and oxygen atoms in total. The SMILES string of the molecule is Cc1ccc(S(=O)(=O)NC2CC2)cc1C(=O)N1CCCC(C(C)N)C1.Cl. The number of carbonyl (C=O) groups is 1. The van der Waals surface area contributed by atoms with E-state index in [1.54, 1.807) is 12.1 Å². The fourth-order valence-electron chi connectivity index (χ4n) is 3.28. The second kappa shape index (κ2) is 8.25. The maximum absolute atomic E-state index is 13.0. The van der Waals surface area contributed by atoms with Crippen LogP contribution in [0.2, 0.25) is 0 Å². The van der Waals surface area contributed by atoms with Crippen molar-refractivity contribution in [2.45, 2.75) is 56.5 Å². The van der Waals surface area contributed by atoms with Crippen molar-refractivity contribution < 1.29 is 13.2 Å². The van der Waals surface area contributed by atoms with E-state index < -0.39 is 10.0 Å². The van der Waals surface area contributed by atoms with Crippen LogP contribution in [0.4, 0.5) is 0 Å².